The van der Waals surface area contributed by atoms with E-state index in [1.54, 1.807) is 12.1 Å². The zero-order valence-corrected chi connectivity index (χ0v) is 23.4. The maximum absolute atomic E-state index is 13.7. The summed E-state index contributed by atoms with van der Waals surface area (Å²) in [4.78, 5) is 0.647. The number of anilines is 2. The lowest BCUT2D eigenvalue weighted by Gasteiger charge is -2.27. The summed E-state index contributed by atoms with van der Waals surface area (Å²) in [6.07, 6.45) is -9.17. The molecule has 0 fully saturated rings. The zero-order chi connectivity index (χ0) is 31.2. The van der Waals surface area contributed by atoms with Gasteiger partial charge in [-0.2, -0.15) is 26.3 Å². The largest absolute Gasteiger partial charge is 0.485 e. The minimum absolute atomic E-state index is 0.0153. The number of alkyl halides is 6. The van der Waals surface area contributed by atoms with E-state index in [0.29, 0.717) is 20.7 Å². The van der Waals surface area contributed by atoms with Crippen LogP contribution in [0.15, 0.2) is 109 Å². The zero-order valence-electron chi connectivity index (χ0n) is 23.4. The van der Waals surface area contributed by atoms with Crippen molar-refractivity contribution >= 4 is 58.8 Å². The van der Waals surface area contributed by atoms with E-state index in [4.69, 9.17) is 9.31 Å². The molecule has 0 aromatic heterocycles. The minimum atomic E-state index is -4.58. The highest BCUT2D eigenvalue weighted by atomic mass is 19.4. The summed E-state index contributed by atoms with van der Waals surface area (Å²) in [5.41, 5.74) is 1.36. The predicted octanol–water partition coefficient (Wildman–Crippen LogP) is 6.57. The highest BCUT2D eigenvalue weighted by Crippen LogP contribution is 2.29. The van der Waals surface area contributed by atoms with Gasteiger partial charge in [-0.3, -0.25) is 9.80 Å². The second kappa shape index (κ2) is 13.7. The number of fused-ring (bicyclic) bond motifs is 2. The topological polar surface area (TPSA) is 24.9 Å². The Morgan fingerprint density at radius 1 is 0.455 bits per heavy atom. The Kier molecular flexibility index (Phi) is 9.71. The molecule has 0 bridgehead atoms. The average Bonchev–Trinajstić information content (AvgIpc) is 3.01. The van der Waals surface area contributed by atoms with Crippen LogP contribution in [0.2, 0.25) is 0 Å². The van der Waals surface area contributed by atoms with Crippen molar-refractivity contribution in [2.24, 2.45) is 0 Å². The molecule has 44 heavy (non-hydrogen) atoms. The first-order chi connectivity index (χ1) is 21.1. The molecule has 0 N–H and O–H groups in total. The van der Waals surface area contributed by atoms with Crippen molar-refractivity contribution in [3.63, 3.8) is 0 Å². The first kappa shape index (κ1) is 31.3. The summed E-state index contributed by atoms with van der Waals surface area (Å²) in [5, 5.41) is 2.99. The molecular formula is C32H26B2F6N2O2. The SMILES string of the molecule is FC(F)(F)N(CCO[B]c1c2ccccc2c([B]OCCN(c2ccccc2)C(F)(F)F)c2ccccc12)c1ccccc1. The maximum Gasteiger partial charge on any atom is 0.485 e. The Balaban J connectivity index is 1.33. The summed E-state index contributed by atoms with van der Waals surface area (Å²) in [6.45, 7) is -1.30. The molecule has 12 heteroatoms. The lowest BCUT2D eigenvalue weighted by atomic mass is 9.72. The summed E-state index contributed by atoms with van der Waals surface area (Å²) < 4.78 is 93.7. The van der Waals surface area contributed by atoms with Gasteiger partial charge in [0.1, 0.15) is 0 Å². The highest BCUT2D eigenvalue weighted by Gasteiger charge is 2.38. The Labute approximate surface area is 252 Å². The quantitative estimate of drug-likeness (QED) is 0.0528. The Morgan fingerprint density at radius 3 is 1.05 bits per heavy atom. The van der Waals surface area contributed by atoms with E-state index in [0.717, 1.165) is 21.5 Å². The van der Waals surface area contributed by atoms with Crippen molar-refractivity contribution in [3.05, 3.63) is 109 Å². The van der Waals surface area contributed by atoms with Gasteiger partial charge in [0.05, 0.1) is 0 Å². The molecule has 2 radical (unpaired) electrons. The third kappa shape index (κ3) is 7.31. The summed E-state index contributed by atoms with van der Waals surface area (Å²) >= 11 is 0. The number of hydrogen-bond acceptors (Lipinski definition) is 4. The van der Waals surface area contributed by atoms with Gasteiger partial charge >= 0.3 is 27.6 Å². The van der Waals surface area contributed by atoms with Gasteiger partial charge in [0.15, 0.2) is 0 Å². The van der Waals surface area contributed by atoms with E-state index >= 15 is 0 Å². The Hall–Kier alpha value is -4.15. The van der Waals surface area contributed by atoms with E-state index in [9.17, 15) is 26.3 Å². The monoisotopic (exact) mass is 606 g/mol. The van der Waals surface area contributed by atoms with Crippen LogP contribution >= 0.6 is 0 Å². The Bertz CT molecular complexity index is 1490. The first-order valence-corrected chi connectivity index (χ1v) is 13.8. The van der Waals surface area contributed by atoms with Crippen molar-refractivity contribution in [3.8, 4) is 0 Å². The molecule has 0 atom stereocenters. The van der Waals surface area contributed by atoms with Gasteiger partial charge in [-0.1, -0.05) is 84.9 Å². The number of nitrogens with zero attached hydrogens (tertiary/aromatic N) is 2. The minimum Gasteiger partial charge on any atom is -0.432 e. The van der Waals surface area contributed by atoms with Crippen molar-refractivity contribution in [1.82, 2.24) is 0 Å². The molecule has 0 unspecified atom stereocenters. The van der Waals surface area contributed by atoms with Crippen LogP contribution in [0.5, 0.6) is 0 Å². The molecule has 4 nitrogen and oxygen atoms in total. The van der Waals surface area contributed by atoms with Crippen LogP contribution in [0.1, 0.15) is 0 Å². The van der Waals surface area contributed by atoms with Crippen LogP contribution in [0, 0.1) is 0 Å². The van der Waals surface area contributed by atoms with Gasteiger partial charge in [0, 0.05) is 37.7 Å². The van der Waals surface area contributed by atoms with Gasteiger partial charge in [0.25, 0.3) is 0 Å². The predicted molar refractivity (Wildman–Crippen MR) is 164 cm³/mol. The molecule has 0 aliphatic heterocycles. The standard InChI is InChI=1S/C32H26B2F6N2O2/c35-31(36,37)41(23-11-3-1-4-12-23)19-21-43-33-29-25-15-7-9-17-27(25)30(28-18-10-8-16-26(28)29)34-44-22-20-42(32(38,39)40)24-13-5-2-6-14-24/h1-18H,19-22H2. The molecule has 0 saturated heterocycles. The lowest BCUT2D eigenvalue weighted by molar-refractivity contribution is -0.130. The fraction of sp³-hybridized carbons (Fsp3) is 0.188. The highest BCUT2D eigenvalue weighted by molar-refractivity contribution is 6.62. The van der Waals surface area contributed by atoms with Crippen LogP contribution < -0.4 is 20.7 Å². The molecule has 224 valence electrons. The normalized spacial score (nSPS) is 12.0. The average molecular weight is 606 g/mol. The van der Waals surface area contributed by atoms with Gasteiger partial charge in [-0.25, -0.2) is 0 Å². The molecular weight excluding hydrogens is 580 g/mol. The van der Waals surface area contributed by atoms with E-state index in [-0.39, 0.29) is 24.6 Å². The second-order valence-corrected chi connectivity index (χ2v) is 9.81. The molecule has 5 aromatic carbocycles. The van der Waals surface area contributed by atoms with Gasteiger partial charge in [0.2, 0.25) is 0 Å². The van der Waals surface area contributed by atoms with E-state index in [2.05, 4.69) is 0 Å². The lowest BCUT2D eigenvalue weighted by Crippen LogP contribution is -2.41. The van der Waals surface area contributed by atoms with Crippen molar-refractivity contribution in [2.45, 2.75) is 12.6 Å². The van der Waals surface area contributed by atoms with Crippen molar-refractivity contribution in [2.75, 3.05) is 36.1 Å². The summed E-state index contributed by atoms with van der Waals surface area (Å²) in [7, 11) is 2.91. The third-order valence-electron chi connectivity index (χ3n) is 7.03. The van der Waals surface area contributed by atoms with Gasteiger partial charge in [-0.05, 0) is 56.7 Å². The molecule has 0 amide bonds. The van der Waals surface area contributed by atoms with Crippen LogP contribution in [0.4, 0.5) is 37.7 Å². The molecule has 5 rings (SSSR count). The van der Waals surface area contributed by atoms with E-state index < -0.39 is 25.7 Å². The fourth-order valence-electron chi connectivity index (χ4n) is 5.04. The summed E-state index contributed by atoms with van der Waals surface area (Å²) in [6, 6.07) is 29.7. The number of rotatable bonds is 12. The van der Waals surface area contributed by atoms with E-state index in [1.807, 2.05) is 48.5 Å². The fourth-order valence-corrected chi connectivity index (χ4v) is 5.04. The van der Waals surface area contributed by atoms with E-state index in [1.165, 1.54) is 63.5 Å². The summed E-state index contributed by atoms with van der Waals surface area (Å²) in [5.74, 6) is 0. The molecule has 0 aliphatic carbocycles. The molecule has 0 spiro atoms. The second-order valence-electron chi connectivity index (χ2n) is 9.81. The number of para-hydroxylation sites is 2. The molecule has 0 heterocycles. The number of benzene rings is 5. The van der Waals surface area contributed by atoms with Crippen LogP contribution in [-0.4, -0.2) is 53.9 Å². The molecule has 0 saturated carbocycles. The van der Waals surface area contributed by atoms with Crippen molar-refractivity contribution < 1.29 is 35.7 Å². The van der Waals surface area contributed by atoms with Crippen LogP contribution in [0.25, 0.3) is 21.5 Å². The Morgan fingerprint density at radius 2 is 0.750 bits per heavy atom. The van der Waals surface area contributed by atoms with Crippen LogP contribution in [0.3, 0.4) is 0 Å². The number of halogens is 6. The number of hydrogen-bond donors (Lipinski definition) is 0. The van der Waals surface area contributed by atoms with Crippen molar-refractivity contribution in [1.29, 1.82) is 0 Å². The first-order valence-electron chi connectivity index (χ1n) is 13.8. The van der Waals surface area contributed by atoms with Gasteiger partial charge in [-0.15, -0.1) is 0 Å². The smallest absolute Gasteiger partial charge is 0.432 e. The molecule has 5 aromatic rings. The molecule has 0 aliphatic rings. The maximum atomic E-state index is 13.7. The van der Waals surface area contributed by atoms with Gasteiger partial charge < -0.3 is 9.31 Å². The third-order valence-corrected chi connectivity index (χ3v) is 7.03. The van der Waals surface area contributed by atoms with Crippen LogP contribution in [-0.2, 0) is 9.31 Å².